The van der Waals surface area contributed by atoms with Crippen LogP contribution in [0.25, 0.3) is 0 Å². The maximum absolute atomic E-state index is 5.56. The van der Waals surface area contributed by atoms with E-state index < -0.39 is 0 Å². The van der Waals surface area contributed by atoms with E-state index in [-0.39, 0.29) is 0 Å². The van der Waals surface area contributed by atoms with Gasteiger partial charge in [0.2, 0.25) is 5.88 Å². The van der Waals surface area contributed by atoms with Gasteiger partial charge in [0, 0.05) is 18.5 Å². The molecule has 0 radical (unpaired) electrons. The van der Waals surface area contributed by atoms with Gasteiger partial charge in [0.05, 0.1) is 12.8 Å². The first-order valence-corrected chi connectivity index (χ1v) is 5.05. The van der Waals surface area contributed by atoms with Crippen molar-refractivity contribution < 1.29 is 4.74 Å². The first kappa shape index (κ1) is 11.0. The number of nitrogens with two attached hydrogens (primary N) is 1. The summed E-state index contributed by atoms with van der Waals surface area (Å²) in [5, 5.41) is 4.27. The third kappa shape index (κ3) is 2.07. The second-order valence-corrected chi connectivity index (χ2v) is 3.48. The summed E-state index contributed by atoms with van der Waals surface area (Å²) in [6.45, 7) is 6.17. The SMILES string of the molecule is CC(C)c1cnn2c1OCCC2.CN. The fraction of sp³-hybridized carbons (Fsp3) is 0.700. The molecule has 0 unspecified atom stereocenters. The maximum atomic E-state index is 5.56. The molecule has 0 fully saturated rings. The number of rotatable bonds is 1. The largest absolute Gasteiger partial charge is 0.478 e. The molecule has 1 aromatic rings. The van der Waals surface area contributed by atoms with Crippen LogP contribution in [0.15, 0.2) is 6.20 Å². The van der Waals surface area contributed by atoms with Gasteiger partial charge in [0.1, 0.15) is 0 Å². The van der Waals surface area contributed by atoms with Crippen LogP contribution in [0.3, 0.4) is 0 Å². The van der Waals surface area contributed by atoms with Gasteiger partial charge in [-0.15, -0.1) is 0 Å². The number of nitrogens with zero attached hydrogens (tertiary/aromatic N) is 2. The van der Waals surface area contributed by atoms with Crippen molar-refractivity contribution in [1.82, 2.24) is 9.78 Å². The smallest absolute Gasteiger partial charge is 0.215 e. The number of ether oxygens (including phenoxy) is 1. The normalized spacial score (nSPS) is 14.1. The van der Waals surface area contributed by atoms with Crippen LogP contribution in [0.1, 0.15) is 31.7 Å². The van der Waals surface area contributed by atoms with Crippen LogP contribution in [0.2, 0.25) is 0 Å². The van der Waals surface area contributed by atoms with Crippen LogP contribution < -0.4 is 10.5 Å². The van der Waals surface area contributed by atoms with Gasteiger partial charge >= 0.3 is 0 Å². The molecule has 4 heteroatoms. The molecule has 0 spiro atoms. The van der Waals surface area contributed by atoms with Crippen molar-refractivity contribution in [1.29, 1.82) is 0 Å². The van der Waals surface area contributed by atoms with E-state index in [0.717, 1.165) is 25.5 Å². The van der Waals surface area contributed by atoms with Gasteiger partial charge in [-0.3, -0.25) is 0 Å². The molecule has 0 aliphatic carbocycles. The molecular weight excluding hydrogens is 178 g/mol. The van der Waals surface area contributed by atoms with Gasteiger partial charge in [-0.05, 0) is 13.0 Å². The van der Waals surface area contributed by atoms with Crippen LogP contribution in [0.5, 0.6) is 5.88 Å². The highest BCUT2D eigenvalue weighted by Gasteiger charge is 2.17. The van der Waals surface area contributed by atoms with Crippen molar-refractivity contribution in [3.05, 3.63) is 11.8 Å². The number of fused-ring (bicyclic) bond motifs is 1. The molecule has 2 heterocycles. The lowest BCUT2D eigenvalue weighted by Crippen LogP contribution is -2.15. The Morgan fingerprint density at radius 3 is 2.86 bits per heavy atom. The Morgan fingerprint density at radius 1 is 1.50 bits per heavy atom. The number of hydrogen-bond acceptors (Lipinski definition) is 3. The lowest BCUT2D eigenvalue weighted by atomic mass is 10.1. The molecule has 2 rings (SSSR count). The van der Waals surface area contributed by atoms with Crippen LogP contribution in [-0.4, -0.2) is 23.4 Å². The van der Waals surface area contributed by atoms with Crippen LogP contribution in [0.4, 0.5) is 0 Å². The monoisotopic (exact) mass is 197 g/mol. The predicted molar refractivity (Wildman–Crippen MR) is 56.5 cm³/mol. The summed E-state index contributed by atoms with van der Waals surface area (Å²) in [5.74, 6) is 1.49. The van der Waals surface area contributed by atoms with E-state index >= 15 is 0 Å². The van der Waals surface area contributed by atoms with Crippen LogP contribution in [-0.2, 0) is 6.54 Å². The molecular formula is C10H19N3O. The molecule has 0 saturated carbocycles. The molecule has 80 valence electrons. The molecule has 0 amide bonds. The first-order valence-electron chi connectivity index (χ1n) is 5.05. The number of hydrogen-bond donors (Lipinski definition) is 1. The highest BCUT2D eigenvalue weighted by atomic mass is 16.5. The summed E-state index contributed by atoms with van der Waals surface area (Å²) >= 11 is 0. The van der Waals surface area contributed by atoms with Gasteiger partial charge in [0.25, 0.3) is 0 Å². The Kier molecular flexibility index (Phi) is 3.95. The van der Waals surface area contributed by atoms with Gasteiger partial charge in [-0.2, -0.15) is 5.10 Å². The highest BCUT2D eigenvalue weighted by molar-refractivity contribution is 5.27. The van der Waals surface area contributed by atoms with E-state index in [0.29, 0.717) is 5.92 Å². The summed E-state index contributed by atoms with van der Waals surface area (Å²) in [6, 6.07) is 0. The first-order chi connectivity index (χ1) is 6.79. The molecule has 0 aromatic carbocycles. The molecule has 0 atom stereocenters. The fourth-order valence-electron chi connectivity index (χ4n) is 1.48. The zero-order valence-electron chi connectivity index (χ0n) is 9.16. The minimum absolute atomic E-state index is 0.506. The molecule has 1 aromatic heterocycles. The fourth-order valence-corrected chi connectivity index (χ4v) is 1.48. The topological polar surface area (TPSA) is 53.1 Å². The Morgan fingerprint density at radius 2 is 2.21 bits per heavy atom. The number of aromatic nitrogens is 2. The standard InChI is InChI=1S/C9H14N2O.CH5N/c1-7(2)8-6-10-11-4-3-5-12-9(8)11;1-2/h6-7H,3-5H2,1-2H3;2H2,1H3. The van der Waals surface area contributed by atoms with E-state index in [9.17, 15) is 0 Å². The zero-order chi connectivity index (χ0) is 10.6. The van der Waals surface area contributed by atoms with E-state index in [1.165, 1.54) is 12.6 Å². The minimum Gasteiger partial charge on any atom is -0.478 e. The third-order valence-corrected chi connectivity index (χ3v) is 2.19. The average molecular weight is 197 g/mol. The van der Waals surface area contributed by atoms with Gasteiger partial charge in [-0.1, -0.05) is 13.8 Å². The minimum atomic E-state index is 0.506. The number of aryl methyl sites for hydroxylation is 1. The summed E-state index contributed by atoms with van der Waals surface area (Å²) in [5.41, 5.74) is 5.73. The molecule has 0 saturated heterocycles. The molecule has 1 aliphatic rings. The van der Waals surface area contributed by atoms with Gasteiger partial charge in [-0.25, -0.2) is 4.68 Å². The van der Waals surface area contributed by atoms with Crippen molar-refractivity contribution in [2.75, 3.05) is 13.7 Å². The van der Waals surface area contributed by atoms with E-state index in [4.69, 9.17) is 4.74 Å². The maximum Gasteiger partial charge on any atom is 0.215 e. The summed E-state index contributed by atoms with van der Waals surface area (Å²) in [4.78, 5) is 0. The summed E-state index contributed by atoms with van der Waals surface area (Å²) in [7, 11) is 1.50. The Balaban J connectivity index is 0.000000461. The highest BCUT2D eigenvalue weighted by Crippen LogP contribution is 2.28. The quantitative estimate of drug-likeness (QED) is 0.739. The second kappa shape index (κ2) is 5.00. The molecule has 2 N–H and O–H groups in total. The summed E-state index contributed by atoms with van der Waals surface area (Å²) in [6.07, 6.45) is 3.00. The van der Waals surface area contributed by atoms with E-state index in [1.54, 1.807) is 0 Å². The lowest BCUT2D eigenvalue weighted by Gasteiger charge is -2.16. The van der Waals surface area contributed by atoms with Crippen LogP contribution in [0, 0.1) is 0 Å². The third-order valence-electron chi connectivity index (χ3n) is 2.19. The van der Waals surface area contributed by atoms with Crippen molar-refractivity contribution in [3.8, 4) is 5.88 Å². The van der Waals surface area contributed by atoms with E-state index in [1.807, 2.05) is 10.9 Å². The Bertz CT molecular complexity index is 281. The second-order valence-electron chi connectivity index (χ2n) is 3.48. The Labute approximate surface area is 85.0 Å². The average Bonchev–Trinajstić information content (AvgIpc) is 2.64. The molecule has 14 heavy (non-hydrogen) atoms. The molecule has 1 aliphatic heterocycles. The Hall–Kier alpha value is -1.03. The zero-order valence-corrected chi connectivity index (χ0v) is 9.16. The predicted octanol–water partition coefficient (Wildman–Crippen LogP) is 1.36. The van der Waals surface area contributed by atoms with Crippen LogP contribution >= 0.6 is 0 Å². The molecule has 0 bridgehead atoms. The summed E-state index contributed by atoms with van der Waals surface area (Å²) < 4.78 is 7.51. The van der Waals surface area contributed by atoms with Crippen molar-refractivity contribution in [3.63, 3.8) is 0 Å². The van der Waals surface area contributed by atoms with Crippen molar-refractivity contribution >= 4 is 0 Å². The molecule has 4 nitrogen and oxygen atoms in total. The lowest BCUT2D eigenvalue weighted by molar-refractivity contribution is 0.227. The van der Waals surface area contributed by atoms with E-state index in [2.05, 4.69) is 24.7 Å². The van der Waals surface area contributed by atoms with Gasteiger partial charge < -0.3 is 10.5 Å². The van der Waals surface area contributed by atoms with Crippen molar-refractivity contribution in [2.24, 2.45) is 5.73 Å². The van der Waals surface area contributed by atoms with Crippen molar-refractivity contribution in [2.45, 2.75) is 32.7 Å². The van der Waals surface area contributed by atoms with Gasteiger partial charge in [0.15, 0.2) is 0 Å².